The van der Waals surface area contributed by atoms with Gasteiger partial charge in [0, 0.05) is 49.5 Å². The third-order valence-electron chi connectivity index (χ3n) is 4.70. The van der Waals surface area contributed by atoms with Crippen LogP contribution in [0.5, 0.6) is 0 Å². The predicted octanol–water partition coefficient (Wildman–Crippen LogP) is 2.56. The lowest BCUT2D eigenvalue weighted by atomic mass is 10.2. The standard InChI is InChI=1S/C16H24ClN3/c1-18-8-2-3-16(18)13-19-9-11-20(12-10-19)15-6-4-14(17)5-7-15/h4-7,16H,2-3,8-13H2,1H3/t16-/m0/s1. The largest absolute Gasteiger partial charge is 0.369 e. The Morgan fingerprint density at radius 1 is 1.05 bits per heavy atom. The highest BCUT2D eigenvalue weighted by atomic mass is 35.5. The van der Waals surface area contributed by atoms with Crippen LogP contribution < -0.4 is 4.90 Å². The molecule has 2 heterocycles. The first-order valence-electron chi connectivity index (χ1n) is 7.65. The van der Waals surface area contributed by atoms with Gasteiger partial charge >= 0.3 is 0 Å². The lowest BCUT2D eigenvalue weighted by molar-refractivity contribution is 0.185. The van der Waals surface area contributed by atoms with Crippen LogP contribution in [0.25, 0.3) is 0 Å². The Morgan fingerprint density at radius 3 is 2.35 bits per heavy atom. The molecule has 2 fully saturated rings. The summed E-state index contributed by atoms with van der Waals surface area (Å²) in [7, 11) is 2.27. The van der Waals surface area contributed by atoms with Gasteiger partial charge in [-0.15, -0.1) is 0 Å². The summed E-state index contributed by atoms with van der Waals surface area (Å²) < 4.78 is 0. The van der Waals surface area contributed by atoms with E-state index in [1.54, 1.807) is 0 Å². The Kier molecular flexibility index (Phi) is 4.49. The van der Waals surface area contributed by atoms with Crippen LogP contribution in [0, 0.1) is 0 Å². The highest BCUT2D eigenvalue weighted by Crippen LogP contribution is 2.21. The Balaban J connectivity index is 1.50. The number of piperazine rings is 1. The minimum atomic E-state index is 0.775. The molecule has 1 aromatic rings. The predicted molar refractivity (Wildman–Crippen MR) is 85.8 cm³/mol. The summed E-state index contributed by atoms with van der Waals surface area (Å²) in [5.41, 5.74) is 1.30. The second-order valence-electron chi connectivity index (χ2n) is 6.04. The lowest BCUT2D eigenvalue weighted by Gasteiger charge is -2.38. The van der Waals surface area contributed by atoms with Gasteiger partial charge in [0.05, 0.1) is 0 Å². The number of halogens is 1. The van der Waals surface area contributed by atoms with Crippen molar-refractivity contribution in [2.24, 2.45) is 0 Å². The average Bonchev–Trinajstić information content (AvgIpc) is 2.86. The molecule has 0 amide bonds. The van der Waals surface area contributed by atoms with E-state index in [1.165, 1.54) is 44.7 Å². The van der Waals surface area contributed by atoms with Crippen LogP contribution in [0.2, 0.25) is 5.02 Å². The van der Waals surface area contributed by atoms with Crippen molar-refractivity contribution in [1.82, 2.24) is 9.80 Å². The van der Waals surface area contributed by atoms with E-state index in [0.717, 1.165) is 24.2 Å². The van der Waals surface area contributed by atoms with E-state index < -0.39 is 0 Å². The molecule has 0 aliphatic carbocycles. The molecule has 0 N–H and O–H groups in total. The minimum absolute atomic E-state index is 0.775. The first kappa shape index (κ1) is 14.2. The van der Waals surface area contributed by atoms with Crippen molar-refractivity contribution < 1.29 is 0 Å². The van der Waals surface area contributed by atoms with Crippen LogP contribution >= 0.6 is 11.6 Å². The average molecular weight is 294 g/mol. The highest BCUT2D eigenvalue weighted by Gasteiger charge is 2.25. The van der Waals surface area contributed by atoms with Gasteiger partial charge in [0.2, 0.25) is 0 Å². The Morgan fingerprint density at radius 2 is 1.75 bits per heavy atom. The topological polar surface area (TPSA) is 9.72 Å². The number of likely N-dealkylation sites (tertiary alicyclic amines) is 1. The summed E-state index contributed by atoms with van der Waals surface area (Å²) in [6.07, 6.45) is 2.74. The molecule has 0 radical (unpaired) electrons. The quantitative estimate of drug-likeness (QED) is 0.848. The van der Waals surface area contributed by atoms with E-state index >= 15 is 0 Å². The molecule has 0 aromatic heterocycles. The minimum Gasteiger partial charge on any atom is -0.369 e. The Bertz CT molecular complexity index is 426. The van der Waals surface area contributed by atoms with E-state index in [0.29, 0.717) is 0 Å². The maximum atomic E-state index is 5.95. The molecule has 3 rings (SSSR count). The molecule has 20 heavy (non-hydrogen) atoms. The smallest absolute Gasteiger partial charge is 0.0407 e. The number of anilines is 1. The third kappa shape index (κ3) is 3.27. The zero-order valence-electron chi connectivity index (χ0n) is 12.3. The molecular formula is C16H24ClN3. The summed E-state index contributed by atoms with van der Waals surface area (Å²) in [6.45, 7) is 7.11. The maximum Gasteiger partial charge on any atom is 0.0407 e. The molecule has 3 nitrogen and oxygen atoms in total. The summed E-state index contributed by atoms with van der Waals surface area (Å²) in [5, 5.41) is 0.816. The van der Waals surface area contributed by atoms with Gasteiger partial charge in [-0.25, -0.2) is 0 Å². The van der Waals surface area contributed by atoms with E-state index in [9.17, 15) is 0 Å². The van der Waals surface area contributed by atoms with E-state index in [2.05, 4.69) is 33.9 Å². The number of nitrogens with zero attached hydrogens (tertiary/aromatic N) is 3. The zero-order valence-corrected chi connectivity index (χ0v) is 13.0. The Labute approximate surface area is 127 Å². The van der Waals surface area contributed by atoms with Crippen molar-refractivity contribution in [2.45, 2.75) is 18.9 Å². The molecule has 0 saturated carbocycles. The first-order chi connectivity index (χ1) is 9.72. The van der Waals surface area contributed by atoms with Gasteiger partial charge in [-0.3, -0.25) is 4.90 Å². The summed E-state index contributed by atoms with van der Waals surface area (Å²) in [5.74, 6) is 0. The van der Waals surface area contributed by atoms with Crippen LogP contribution in [0.4, 0.5) is 5.69 Å². The molecule has 1 aromatic carbocycles. The molecule has 110 valence electrons. The number of benzene rings is 1. The normalized spacial score (nSPS) is 25.3. The molecule has 0 spiro atoms. The monoisotopic (exact) mass is 293 g/mol. The van der Waals surface area contributed by atoms with Crippen LogP contribution in [0.1, 0.15) is 12.8 Å². The van der Waals surface area contributed by atoms with Crippen LogP contribution in [-0.4, -0.2) is 62.2 Å². The fourth-order valence-corrected chi connectivity index (χ4v) is 3.47. The Hall–Kier alpha value is -0.770. The van der Waals surface area contributed by atoms with Crippen molar-refractivity contribution in [1.29, 1.82) is 0 Å². The fourth-order valence-electron chi connectivity index (χ4n) is 3.35. The van der Waals surface area contributed by atoms with Crippen molar-refractivity contribution in [3.8, 4) is 0 Å². The van der Waals surface area contributed by atoms with Gasteiger partial charge < -0.3 is 9.80 Å². The highest BCUT2D eigenvalue weighted by molar-refractivity contribution is 6.30. The van der Waals surface area contributed by atoms with E-state index in [-0.39, 0.29) is 0 Å². The molecule has 2 aliphatic rings. The summed E-state index contributed by atoms with van der Waals surface area (Å²) in [4.78, 5) is 7.61. The van der Waals surface area contributed by atoms with Crippen molar-refractivity contribution >= 4 is 17.3 Å². The first-order valence-corrected chi connectivity index (χ1v) is 8.03. The second kappa shape index (κ2) is 6.33. The lowest BCUT2D eigenvalue weighted by Crippen LogP contribution is -2.50. The molecule has 0 bridgehead atoms. The van der Waals surface area contributed by atoms with Crippen LogP contribution in [0.3, 0.4) is 0 Å². The van der Waals surface area contributed by atoms with Crippen molar-refractivity contribution in [2.75, 3.05) is 51.2 Å². The zero-order chi connectivity index (χ0) is 13.9. The molecule has 2 saturated heterocycles. The number of hydrogen-bond donors (Lipinski definition) is 0. The van der Waals surface area contributed by atoms with Crippen molar-refractivity contribution in [3.05, 3.63) is 29.3 Å². The fraction of sp³-hybridized carbons (Fsp3) is 0.625. The SMILES string of the molecule is CN1CCC[C@H]1CN1CCN(c2ccc(Cl)cc2)CC1. The number of hydrogen-bond acceptors (Lipinski definition) is 3. The maximum absolute atomic E-state index is 5.95. The van der Waals surface area contributed by atoms with Crippen LogP contribution in [0.15, 0.2) is 24.3 Å². The van der Waals surface area contributed by atoms with Gasteiger partial charge in [-0.2, -0.15) is 0 Å². The van der Waals surface area contributed by atoms with Crippen molar-refractivity contribution in [3.63, 3.8) is 0 Å². The van der Waals surface area contributed by atoms with Gasteiger partial charge in [0.15, 0.2) is 0 Å². The third-order valence-corrected chi connectivity index (χ3v) is 4.96. The summed E-state index contributed by atoms with van der Waals surface area (Å²) >= 11 is 5.95. The van der Waals surface area contributed by atoms with Gasteiger partial charge in [0.1, 0.15) is 0 Å². The molecule has 0 unspecified atom stereocenters. The molecule has 2 aliphatic heterocycles. The van der Waals surface area contributed by atoms with Gasteiger partial charge in [0.25, 0.3) is 0 Å². The second-order valence-corrected chi connectivity index (χ2v) is 6.48. The van der Waals surface area contributed by atoms with E-state index in [4.69, 9.17) is 11.6 Å². The van der Waals surface area contributed by atoms with Gasteiger partial charge in [-0.05, 0) is 50.7 Å². The number of rotatable bonds is 3. The number of likely N-dealkylation sites (N-methyl/N-ethyl adjacent to an activating group) is 1. The molecule has 4 heteroatoms. The summed E-state index contributed by atoms with van der Waals surface area (Å²) in [6, 6.07) is 9.00. The molecule has 1 atom stereocenters. The van der Waals surface area contributed by atoms with Crippen LogP contribution in [-0.2, 0) is 0 Å². The van der Waals surface area contributed by atoms with E-state index in [1.807, 2.05) is 12.1 Å². The molecular weight excluding hydrogens is 270 g/mol. The van der Waals surface area contributed by atoms with Gasteiger partial charge in [-0.1, -0.05) is 11.6 Å².